The Morgan fingerprint density at radius 2 is 2.00 bits per heavy atom. The molecule has 4 heteroatoms. The molecule has 0 aromatic carbocycles. The van der Waals surface area contributed by atoms with E-state index in [0.717, 1.165) is 16.5 Å². The molecular weight excluding hydrogens is 198 g/mol. The van der Waals surface area contributed by atoms with Gasteiger partial charge in [0.2, 0.25) is 0 Å². The molecular formula is C10H12ClN3. The summed E-state index contributed by atoms with van der Waals surface area (Å²) in [5.74, 6) is 0. The van der Waals surface area contributed by atoms with E-state index in [4.69, 9.17) is 11.6 Å². The van der Waals surface area contributed by atoms with E-state index in [-0.39, 0.29) is 5.41 Å². The van der Waals surface area contributed by atoms with Crippen molar-refractivity contribution >= 4 is 22.5 Å². The highest BCUT2D eigenvalue weighted by Crippen LogP contribution is 2.31. The number of hydrogen-bond acceptors (Lipinski definition) is 2. The van der Waals surface area contributed by atoms with Gasteiger partial charge in [-0.15, -0.1) is 0 Å². The summed E-state index contributed by atoms with van der Waals surface area (Å²) in [5.41, 5.74) is 1.97. The van der Waals surface area contributed by atoms with Gasteiger partial charge < -0.3 is 0 Å². The van der Waals surface area contributed by atoms with Crippen LogP contribution in [0.5, 0.6) is 0 Å². The Balaban J connectivity index is 2.82. The average molecular weight is 210 g/mol. The number of H-pyrrole nitrogens is 1. The van der Waals surface area contributed by atoms with Crippen LogP contribution in [0.2, 0.25) is 5.15 Å². The fourth-order valence-corrected chi connectivity index (χ4v) is 1.74. The lowest BCUT2D eigenvalue weighted by Crippen LogP contribution is -2.11. The van der Waals surface area contributed by atoms with Crippen molar-refractivity contribution in [1.29, 1.82) is 0 Å². The second-order valence-electron chi connectivity index (χ2n) is 4.37. The number of rotatable bonds is 0. The van der Waals surface area contributed by atoms with Crippen LogP contribution in [0, 0.1) is 0 Å². The monoisotopic (exact) mass is 209 g/mol. The first-order valence-electron chi connectivity index (χ1n) is 4.48. The Bertz CT molecular complexity index is 468. The second-order valence-corrected chi connectivity index (χ2v) is 4.75. The minimum absolute atomic E-state index is 0.0278. The van der Waals surface area contributed by atoms with Gasteiger partial charge in [-0.1, -0.05) is 32.4 Å². The summed E-state index contributed by atoms with van der Waals surface area (Å²) in [4.78, 5) is 4.15. The van der Waals surface area contributed by atoms with E-state index in [1.54, 1.807) is 6.20 Å². The first kappa shape index (κ1) is 9.46. The number of nitrogens with one attached hydrogen (secondary N) is 1. The molecule has 0 aliphatic heterocycles. The predicted octanol–water partition coefficient (Wildman–Crippen LogP) is 2.91. The van der Waals surface area contributed by atoms with Crippen LogP contribution in [0.4, 0.5) is 0 Å². The number of fused-ring (bicyclic) bond motifs is 1. The first-order chi connectivity index (χ1) is 6.50. The van der Waals surface area contributed by atoms with E-state index in [9.17, 15) is 0 Å². The summed E-state index contributed by atoms with van der Waals surface area (Å²) in [6, 6.07) is 0. The highest BCUT2D eigenvalue weighted by atomic mass is 35.5. The van der Waals surface area contributed by atoms with Crippen molar-refractivity contribution in [3.63, 3.8) is 0 Å². The van der Waals surface area contributed by atoms with Crippen molar-refractivity contribution < 1.29 is 0 Å². The molecule has 0 unspecified atom stereocenters. The smallest absolute Gasteiger partial charge is 0.132 e. The highest BCUT2D eigenvalue weighted by Gasteiger charge is 2.20. The number of aromatic nitrogens is 3. The molecule has 2 heterocycles. The quantitative estimate of drug-likeness (QED) is 0.725. The molecule has 3 nitrogen and oxygen atoms in total. The minimum atomic E-state index is 0.0278. The predicted molar refractivity (Wildman–Crippen MR) is 57.6 cm³/mol. The summed E-state index contributed by atoms with van der Waals surface area (Å²) >= 11 is 6.04. The van der Waals surface area contributed by atoms with E-state index < -0.39 is 0 Å². The summed E-state index contributed by atoms with van der Waals surface area (Å²) in [6.45, 7) is 6.40. The maximum atomic E-state index is 6.04. The van der Waals surface area contributed by atoms with Gasteiger partial charge in [-0.25, -0.2) is 0 Å². The normalized spacial score (nSPS) is 12.3. The van der Waals surface area contributed by atoms with Crippen LogP contribution in [-0.4, -0.2) is 15.2 Å². The fourth-order valence-electron chi connectivity index (χ4n) is 1.50. The zero-order chi connectivity index (χ0) is 10.3. The van der Waals surface area contributed by atoms with Gasteiger partial charge in [-0.05, 0) is 11.0 Å². The highest BCUT2D eigenvalue weighted by molar-refractivity contribution is 6.34. The van der Waals surface area contributed by atoms with Crippen LogP contribution in [0.1, 0.15) is 26.3 Å². The van der Waals surface area contributed by atoms with E-state index >= 15 is 0 Å². The molecule has 2 rings (SSSR count). The number of hydrogen-bond donors (Lipinski definition) is 1. The topological polar surface area (TPSA) is 41.6 Å². The maximum Gasteiger partial charge on any atom is 0.132 e. The molecule has 0 aliphatic rings. The van der Waals surface area contributed by atoms with E-state index in [1.165, 1.54) is 0 Å². The van der Waals surface area contributed by atoms with Crippen LogP contribution in [0.3, 0.4) is 0 Å². The molecule has 0 saturated carbocycles. The van der Waals surface area contributed by atoms with Crippen LogP contribution >= 0.6 is 11.6 Å². The molecule has 0 radical (unpaired) electrons. The lowest BCUT2D eigenvalue weighted by atomic mass is 9.86. The lowest BCUT2D eigenvalue weighted by Gasteiger charge is -2.19. The maximum absolute atomic E-state index is 6.04. The molecule has 14 heavy (non-hydrogen) atoms. The van der Waals surface area contributed by atoms with Crippen LogP contribution in [-0.2, 0) is 5.41 Å². The summed E-state index contributed by atoms with van der Waals surface area (Å²) in [6.07, 6.45) is 3.57. The third kappa shape index (κ3) is 1.38. The Labute approximate surface area is 87.5 Å². The Kier molecular flexibility index (Phi) is 2.00. The summed E-state index contributed by atoms with van der Waals surface area (Å²) in [5, 5.41) is 8.41. The zero-order valence-corrected chi connectivity index (χ0v) is 9.18. The van der Waals surface area contributed by atoms with E-state index in [2.05, 4.69) is 36.0 Å². The molecule has 0 spiro atoms. The Morgan fingerprint density at radius 3 is 2.64 bits per heavy atom. The SMILES string of the molecule is CC(C)(C)c1cncc2n[nH]c(Cl)c12. The van der Waals surface area contributed by atoms with Gasteiger partial charge >= 0.3 is 0 Å². The number of pyridine rings is 1. The van der Waals surface area contributed by atoms with Gasteiger partial charge in [0, 0.05) is 11.6 Å². The Hall–Kier alpha value is -1.09. The third-order valence-corrected chi connectivity index (χ3v) is 2.50. The van der Waals surface area contributed by atoms with Crippen molar-refractivity contribution in [2.75, 3.05) is 0 Å². The minimum Gasteiger partial charge on any atom is -0.266 e. The summed E-state index contributed by atoms with van der Waals surface area (Å²) < 4.78 is 0. The first-order valence-corrected chi connectivity index (χ1v) is 4.86. The van der Waals surface area contributed by atoms with Crippen molar-refractivity contribution in [2.24, 2.45) is 0 Å². The zero-order valence-electron chi connectivity index (χ0n) is 8.43. The van der Waals surface area contributed by atoms with Crippen LogP contribution < -0.4 is 0 Å². The molecule has 0 amide bonds. The number of aromatic amines is 1. The molecule has 0 bridgehead atoms. The van der Waals surface area contributed by atoms with Gasteiger partial charge in [-0.2, -0.15) is 5.10 Å². The van der Waals surface area contributed by atoms with Gasteiger partial charge in [-0.3, -0.25) is 10.1 Å². The second kappa shape index (κ2) is 2.95. The standard InChI is InChI=1S/C10H12ClN3/c1-10(2,3)6-4-12-5-7-8(6)9(11)14-13-7/h4-5H,1-3H3,(H,13,14). The van der Waals surface area contributed by atoms with Crippen molar-refractivity contribution in [3.05, 3.63) is 23.1 Å². The van der Waals surface area contributed by atoms with Crippen LogP contribution in [0.15, 0.2) is 12.4 Å². The molecule has 1 N–H and O–H groups in total. The molecule has 2 aromatic heterocycles. The lowest BCUT2D eigenvalue weighted by molar-refractivity contribution is 0.593. The third-order valence-electron chi connectivity index (χ3n) is 2.23. The largest absolute Gasteiger partial charge is 0.266 e. The molecule has 0 atom stereocenters. The number of halogens is 1. The summed E-state index contributed by atoms with van der Waals surface area (Å²) in [7, 11) is 0. The van der Waals surface area contributed by atoms with Gasteiger partial charge in [0.25, 0.3) is 0 Å². The van der Waals surface area contributed by atoms with Crippen molar-refractivity contribution in [3.8, 4) is 0 Å². The Morgan fingerprint density at radius 1 is 1.29 bits per heavy atom. The van der Waals surface area contributed by atoms with Gasteiger partial charge in [0.05, 0.1) is 6.20 Å². The van der Waals surface area contributed by atoms with Gasteiger partial charge in [0.1, 0.15) is 10.7 Å². The number of nitrogens with zero attached hydrogens (tertiary/aromatic N) is 2. The van der Waals surface area contributed by atoms with E-state index in [0.29, 0.717) is 5.15 Å². The molecule has 74 valence electrons. The molecule has 2 aromatic rings. The van der Waals surface area contributed by atoms with Crippen LogP contribution in [0.25, 0.3) is 10.9 Å². The van der Waals surface area contributed by atoms with Crippen molar-refractivity contribution in [1.82, 2.24) is 15.2 Å². The average Bonchev–Trinajstić information content (AvgIpc) is 2.46. The molecule has 0 saturated heterocycles. The van der Waals surface area contributed by atoms with Crippen molar-refractivity contribution in [2.45, 2.75) is 26.2 Å². The van der Waals surface area contributed by atoms with E-state index in [1.807, 2.05) is 6.20 Å². The fraction of sp³-hybridized carbons (Fsp3) is 0.400. The van der Waals surface area contributed by atoms with Gasteiger partial charge in [0.15, 0.2) is 0 Å². The molecule has 0 aliphatic carbocycles. The molecule has 0 fully saturated rings.